The number of benzene rings is 3. The number of aryl methyl sites for hydroxylation is 2. The summed E-state index contributed by atoms with van der Waals surface area (Å²) >= 11 is 0. The minimum atomic E-state index is -3.03. The lowest BCUT2D eigenvalue weighted by Crippen LogP contribution is -2.55. The van der Waals surface area contributed by atoms with E-state index in [2.05, 4.69) is 19.9 Å². The lowest BCUT2D eigenvalue weighted by atomic mass is 9.91. The molecule has 3 saturated heterocycles. The molecule has 20 nitrogen and oxygen atoms in total. The monoisotopic (exact) mass is 996 g/mol. The number of halogens is 4. The number of anilines is 4. The first-order valence-corrected chi connectivity index (χ1v) is 22.6. The van der Waals surface area contributed by atoms with E-state index in [-0.39, 0.29) is 40.8 Å². The molecular weight excluding hydrogens is 949 g/mol. The van der Waals surface area contributed by atoms with Crippen molar-refractivity contribution < 1.29 is 51.0 Å². The minimum Gasteiger partial charge on any atom is -0.433 e. The number of carbonyl (C=O) groups is 2. The normalized spacial score (nSPS) is 15.0. The zero-order valence-electron chi connectivity index (χ0n) is 39.3. The van der Waals surface area contributed by atoms with Crippen molar-refractivity contribution in [3.8, 4) is 17.2 Å². The summed E-state index contributed by atoms with van der Waals surface area (Å²) in [5.74, 6) is 1.29. The number of pyridine rings is 2. The highest BCUT2D eigenvalue weighted by atomic mass is 19.3. The number of amides is 3. The van der Waals surface area contributed by atoms with Crippen LogP contribution in [0.5, 0.6) is 17.2 Å². The van der Waals surface area contributed by atoms with Gasteiger partial charge in [0.25, 0.3) is 5.69 Å². The standard InChI is InChI=1S/C25H22F2N6O5.C23H26F2N6O3/c1-30-14-29-19-11-28-23(10-21(19)30)31(2)20-8-3-15(9-22(20)38-24(26)27)16-12-32(13-16)25(34)37-18-6-4-17(5-7-18)33(35)36;1-28-14-27-17-11-26-21(10-19(17)28)29(2)18-4-3-15(9-20(18)34-22(24)25)16-12-31(13-16)23(32)30-5-7-33-8-6-30/h3-11,14,16,24H,12-13H2,1-2H3;3-4,9-11,14,16,22H,5-8,12-13H2,1-2H3. The van der Waals surface area contributed by atoms with E-state index in [0.717, 1.165) is 27.7 Å². The van der Waals surface area contributed by atoms with Crippen LogP contribution in [0.1, 0.15) is 23.0 Å². The predicted octanol–water partition coefficient (Wildman–Crippen LogP) is 8.03. The number of hydrogen-bond acceptors (Lipinski definition) is 14. The van der Waals surface area contributed by atoms with Gasteiger partial charge < -0.3 is 52.6 Å². The van der Waals surface area contributed by atoms with Crippen LogP contribution in [0.4, 0.5) is 55.8 Å². The number of likely N-dealkylation sites (tertiary alicyclic amines) is 2. The third-order valence-electron chi connectivity index (χ3n) is 12.8. The third kappa shape index (κ3) is 10.4. The number of nitrogens with zero attached hydrogens (tertiary/aromatic N) is 12. The number of nitro benzene ring substituents is 1. The van der Waals surface area contributed by atoms with Crippen molar-refractivity contribution in [2.45, 2.75) is 25.1 Å². The first-order valence-electron chi connectivity index (χ1n) is 22.6. The van der Waals surface area contributed by atoms with Crippen LogP contribution in [0.2, 0.25) is 0 Å². The number of rotatable bonds is 12. The average molecular weight is 997 g/mol. The molecule has 4 aromatic heterocycles. The Balaban J connectivity index is 0.000000179. The SMILES string of the molecule is CN(c1cc2c(cn1)ncn2C)c1ccc(C2CN(C(=O)N3CCOCC3)C2)cc1OC(F)F.CN(c1cc2c(cn1)ncn2C)c1ccc(C2CN(C(=O)Oc3ccc([N+](=O)[O-])cc3)C2)cc1OC(F)F. The zero-order chi connectivity index (χ0) is 50.8. The molecule has 10 rings (SSSR count). The number of urea groups is 1. The number of aromatic nitrogens is 6. The van der Waals surface area contributed by atoms with Gasteiger partial charge in [-0.1, -0.05) is 12.1 Å². The number of nitro groups is 1. The molecule has 0 aliphatic carbocycles. The Labute approximate surface area is 408 Å². The molecule has 376 valence electrons. The van der Waals surface area contributed by atoms with Crippen molar-refractivity contribution >= 4 is 62.9 Å². The van der Waals surface area contributed by atoms with E-state index in [1.165, 1.54) is 29.2 Å². The minimum absolute atomic E-state index is 0.00316. The van der Waals surface area contributed by atoms with E-state index in [4.69, 9.17) is 18.9 Å². The van der Waals surface area contributed by atoms with Crippen LogP contribution in [0.25, 0.3) is 22.1 Å². The number of carbonyl (C=O) groups excluding carboxylic acids is 2. The molecule has 0 atom stereocenters. The van der Waals surface area contributed by atoms with Crippen molar-refractivity contribution in [1.82, 2.24) is 43.8 Å². The lowest BCUT2D eigenvalue weighted by molar-refractivity contribution is -0.384. The second kappa shape index (κ2) is 20.6. The number of non-ortho nitro benzene ring substituents is 1. The second-order valence-electron chi connectivity index (χ2n) is 17.3. The fraction of sp³-hybridized carbons (Fsp3) is 0.333. The van der Waals surface area contributed by atoms with Gasteiger partial charge in [-0.2, -0.15) is 17.6 Å². The number of imidazole rings is 2. The number of hydrogen-bond donors (Lipinski definition) is 0. The van der Waals surface area contributed by atoms with Gasteiger partial charge in [-0.3, -0.25) is 10.1 Å². The summed E-state index contributed by atoms with van der Waals surface area (Å²) in [6.07, 6.45) is 6.02. The first kappa shape index (κ1) is 48.7. The van der Waals surface area contributed by atoms with Gasteiger partial charge in [0.05, 0.1) is 65.6 Å². The maximum Gasteiger partial charge on any atom is 0.415 e. The van der Waals surface area contributed by atoms with E-state index in [0.29, 0.717) is 81.0 Å². The summed E-state index contributed by atoms with van der Waals surface area (Å²) in [7, 11) is 7.19. The summed E-state index contributed by atoms with van der Waals surface area (Å²) in [5.41, 5.74) is 5.52. The molecule has 0 unspecified atom stereocenters. The molecule has 3 fully saturated rings. The Morgan fingerprint density at radius 2 is 1.15 bits per heavy atom. The fourth-order valence-corrected chi connectivity index (χ4v) is 8.60. The second-order valence-corrected chi connectivity index (χ2v) is 17.3. The molecule has 0 radical (unpaired) electrons. The fourth-order valence-electron chi connectivity index (χ4n) is 8.60. The highest BCUT2D eigenvalue weighted by molar-refractivity contribution is 5.81. The van der Waals surface area contributed by atoms with E-state index < -0.39 is 24.2 Å². The third-order valence-corrected chi connectivity index (χ3v) is 12.8. The Morgan fingerprint density at radius 1 is 0.681 bits per heavy atom. The molecule has 0 bridgehead atoms. The van der Waals surface area contributed by atoms with Gasteiger partial charge in [0.2, 0.25) is 0 Å². The highest BCUT2D eigenvalue weighted by Gasteiger charge is 2.36. The van der Waals surface area contributed by atoms with Gasteiger partial charge in [0.15, 0.2) is 0 Å². The molecule has 0 spiro atoms. The molecular formula is C48H48F4N12O8. The average Bonchev–Trinajstić information content (AvgIpc) is 3.90. The van der Waals surface area contributed by atoms with Crippen LogP contribution >= 0.6 is 0 Å². The van der Waals surface area contributed by atoms with Crippen molar-refractivity contribution in [3.63, 3.8) is 0 Å². The molecule has 0 N–H and O–H groups in total. The van der Waals surface area contributed by atoms with Gasteiger partial charge in [0.1, 0.15) is 39.9 Å². The van der Waals surface area contributed by atoms with E-state index >= 15 is 0 Å². The van der Waals surface area contributed by atoms with Crippen LogP contribution in [-0.2, 0) is 18.8 Å². The molecule has 24 heteroatoms. The number of fused-ring (bicyclic) bond motifs is 2. The van der Waals surface area contributed by atoms with E-state index in [9.17, 15) is 37.3 Å². The van der Waals surface area contributed by atoms with Gasteiger partial charge in [-0.15, -0.1) is 0 Å². The Morgan fingerprint density at radius 3 is 1.61 bits per heavy atom. The molecule has 7 aromatic rings. The molecule has 7 heterocycles. The highest BCUT2D eigenvalue weighted by Crippen LogP contribution is 2.40. The molecule has 3 aromatic carbocycles. The maximum atomic E-state index is 13.3. The van der Waals surface area contributed by atoms with Gasteiger partial charge >= 0.3 is 25.3 Å². The van der Waals surface area contributed by atoms with Crippen molar-refractivity contribution in [2.75, 3.05) is 76.4 Å². The van der Waals surface area contributed by atoms with Gasteiger partial charge in [-0.25, -0.2) is 29.5 Å². The summed E-state index contributed by atoms with van der Waals surface area (Å²) in [6, 6.07) is 19.2. The summed E-state index contributed by atoms with van der Waals surface area (Å²) in [4.78, 5) is 61.0. The van der Waals surface area contributed by atoms with Crippen molar-refractivity contribution in [1.29, 1.82) is 0 Å². The summed E-state index contributed by atoms with van der Waals surface area (Å²) < 4.78 is 77.1. The first-order chi connectivity index (χ1) is 34.6. The van der Waals surface area contributed by atoms with Gasteiger partial charge in [-0.05, 0) is 47.5 Å². The molecule has 3 aliphatic heterocycles. The van der Waals surface area contributed by atoms with Crippen LogP contribution < -0.4 is 24.0 Å². The Kier molecular flexibility index (Phi) is 13.9. The molecule has 0 saturated carbocycles. The summed E-state index contributed by atoms with van der Waals surface area (Å²) in [5, 5.41) is 10.8. The van der Waals surface area contributed by atoms with Crippen LogP contribution in [-0.4, -0.2) is 141 Å². The van der Waals surface area contributed by atoms with Gasteiger partial charge in [0, 0.05) is 104 Å². The number of morpholine rings is 1. The molecule has 3 amide bonds. The zero-order valence-corrected chi connectivity index (χ0v) is 39.3. The van der Waals surface area contributed by atoms with E-state index in [1.54, 1.807) is 89.1 Å². The quantitative estimate of drug-likeness (QED) is 0.0649. The molecule has 3 aliphatic rings. The topological polar surface area (TPSA) is 192 Å². The van der Waals surface area contributed by atoms with Crippen LogP contribution in [0.15, 0.2) is 97.8 Å². The van der Waals surface area contributed by atoms with Crippen molar-refractivity contribution in [2.24, 2.45) is 14.1 Å². The number of alkyl halides is 4. The van der Waals surface area contributed by atoms with Crippen LogP contribution in [0.3, 0.4) is 0 Å². The smallest absolute Gasteiger partial charge is 0.415 e. The summed E-state index contributed by atoms with van der Waals surface area (Å²) in [6.45, 7) is -2.00. The lowest BCUT2D eigenvalue weighted by Gasteiger charge is -2.43. The molecule has 72 heavy (non-hydrogen) atoms. The van der Waals surface area contributed by atoms with Crippen LogP contribution in [0, 0.1) is 10.1 Å². The largest absolute Gasteiger partial charge is 0.433 e. The van der Waals surface area contributed by atoms with Crippen molar-refractivity contribution in [3.05, 3.63) is 119 Å². The number of ether oxygens (including phenoxy) is 4. The predicted molar refractivity (Wildman–Crippen MR) is 255 cm³/mol. The Hall–Kier alpha value is -8.28. The maximum absolute atomic E-state index is 13.3. The van der Waals surface area contributed by atoms with E-state index in [1.807, 2.05) is 41.4 Å². The Bertz CT molecular complexity index is 3100.